The van der Waals surface area contributed by atoms with Crippen LogP contribution in [0.3, 0.4) is 0 Å². The lowest BCUT2D eigenvalue weighted by Gasteiger charge is -2.32. The molecule has 1 unspecified atom stereocenters. The molecule has 0 aromatic rings. The van der Waals surface area contributed by atoms with Gasteiger partial charge in [0.2, 0.25) is 15.9 Å². The second-order valence-corrected chi connectivity index (χ2v) is 6.84. The summed E-state index contributed by atoms with van der Waals surface area (Å²) in [5.74, 6) is -0.141. The van der Waals surface area contributed by atoms with Crippen LogP contribution in [0.25, 0.3) is 0 Å². The van der Waals surface area contributed by atoms with Gasteiger partial charge in [0, 0.05) is 19.6 Å². The summed E-state index contributed by atoms with van der Waals surface area (Å²) in [6, 6.07) is 0. The van der Waals surface area contributed by atoms with Gasteiger partial charge in [-0.15, -0.1) is 0 Å². The Morgan fingerprint density at radius 2 is 2.17 bits per heavy atom. The molecular weight excluding hydrogens is 254 g/mol. The van der Waals surface area contributed by atoms with Crippen molar-refractivity contribution in [2.75, 3.05) is 31.9 Å². The molecule has 0 aromatic heterocycles. The van der Waals surface area contributed by atoms with Crippen LogP contribution in [-0.4, -0.2) is 46.3 Å². The molecular formula is C11H23N3O3S. The Kier molecular flexibility index (Phi) is 5.55. The molecule has 1 saturated heterocycles. The van der Waals surface area contributed by atoms with E-state index in [-0.39, 0.29) is 18.2 Å². The van der Waals surface area contributed by atoms with Crippen LogP contribution in [0.4, 0.5) is 0 Å². The number of amides is 1. The number of hydrogen-bond acceptors (Lipinski definition) is 4. The first-order valence-electron chi connectivity index (χ1n) is 6.36. The normalized spacial score (nSPS) is 24.8. The standard InChI is InChI=1S/C11H23N3O3S/c1-3-14-18(16,17)8-7-13-10(15)11(2)5-4-6-12-9-11/h12,14H,3-9H2,1-2H3,(H,13,15). The Labute approximate surface area is 109 Å². The quantitative estimate of drug-likeness (QED) is 0.607. The van der Waals surface area contributed by atoms with E-state index in [1.54, 1.807) is 6.92 Å². The topological polar surface area (TPSA) is 87.3 Å². The molecule has 0 aromatic carbocycles. The zero-order valence-corrected chi connectivity index (χ0v) is 11.9. The van der Waals surface area contributed by atoms with Gasteiger partial charge in [0.1, 0.15) is 0 Å². The molecule has 0 spiro atoms. The molecule has 1 aliphatic rings. The molecule has 0 radical (unpaired) electrons. The zero-order chi connectivity index (χ0) is 13.6. The van der Waals surface area contributed by atoms with E-state index >= 15 is 0 Å². The molecule has 1 rings (SSSR count). The summed E-state index contributed by atoms with van der Waals surface area (Å²) in [4.78, 5) is 12.0. The maximum Gasteiger partial charge on any atom is 0.227 e. The lowest BCUT2D eigenvalue weighted by atomic mass is 9.82. The van der Waals surface area contributed by atoms with E-state index in [0.29, 0.717) is 13.1 Å². The fourth-order valence-electron chi connectivity index (χ4n) is 2.05. The second kappa shape index (κ2) is 6.49. The molecule has 1 atom stereocenters. The van der Waals surface area contributed by atoms with Gasteiger partial charge in [0.15, 0.2) is 0 Å². The van der Waals surface area contributed by atoms with Gasteiger partial charge in [-0.05, 0) is 26.3 Å². The van der Waals surface area contributed by atoms with E-state index in [4.69, 9.17) is 0 Å². The van der Waals surface area contributed by atoms with Crippen LogP contribution in [0.1, 0.15) is 26.7 Å². The number of hydrogen-bond donors (Lipinski definition) is 3. The third kappa shape index (κ3) is 4.55. The van der Waals surface area contributed by atoms with Gasteiger partial charge in [0.05, 0.1) is 11.2 Å². The van der Waals surface area contributed by atoms with Gasteiger partial charge in [0.25, 0.3) is 0 Å². The summed E-state index contributed by atoms with van der Waals surface area (Å²) >= 11 is 0. The fraction of sp³-hybridized carbons (Fsp3) is 0.909. The largest absolute Gasteiger partial charge is 0.355 e. The Bertz CT molecular complexity index is 375. The van der Waals surface area contributed by atoms with Gasteiger partial charge < -0.3 is 10.6 Å². The summed E-state index contributed by atoms with van der Waals surface area (Å²) in [5.41, 5.74) is -0.416. The monoisotopic (exact) mass is 277 g/mol. The Balaban J connectivity index is 2.37. The molecule has 1 amide bonds. The van der Waals surface area contributed by atoms with Gasteiger partial charge in [-0.25, -0.2) is 13.1 Å². The summed E-state index contributed by atoms with van der Waals surface area (Å²) < 4.78 is 25.2. The third-order valence-electron chi connectivity index (χ3n) is 3.17. The molecule has 7 heteroatoms. The molecule has 1 heterocycles. The molecule has 1 fully saturated rings. The Hall–Kier alpha value is -0.660. The van der Waals surface area contributed by atoms with E-state index in [0.717, 1.165) is 19.4 Å². The van der Waals surface area contributed by atoms with Gasteiger partial charge >= 0.3 is 0 Å². The number of sulfonamides is 1. The molecule has 18 heavy (non-hydrogen) atoms. The number of carbonyl (C=O) groups is 1. The van der Waals surface area contributed by atoms with Crippen molar-refractivity contribution in [3.8, 4) is 0 Å². The molecule has 6 nitrogen and oxygen atoms in total. The van der Waals surface area contributed by atoms with E-state index in [1.165, 1.54) is 0 Å². The lowest BCUT2D eigenvalue weighted by molar-refractivity contribution is -0.130. The molecule has 0 aliphatic carbocycles. The van der Waals surface area contributed by atoms with Crippen LogP contribution in [0, 0.1) is 5.41 Å². The zero-order valence-electron chi connectivity index (χ0n) is 11.1. The van der Waals surface area contributed by atoms with Crippen molar-refractivity contribution in [1.82, 2.24) is 15.4 Å². The predicted molar refractivity (Wildman–Crippen MR) is 70.7 cm³/mol. The Morgan fingerprint density at radius 3 is 2.72 bits per heavy atom. The summed E-state index contributed by atoms with van der Waals surface area (Å²) in [6.07, 6.45) is 1.81. The first-order chi connectivity index (χ1) is 8.40. The SMILES string of the molecule is CCNS(=O)(=O)CCNC(=O)C1(C)CCCNC1. The van der Waals surface area contributed by atoms with Crippen molar-refractivity contribution in [2.45, 2.75) is 26.7 Å². The highest BCUT2D eigenvalue weighted by molar-refractivity contribution is 7.89. The van der Waals surface area contributed by atoms with Crippen molar-refractivity contribution < 1.29 is 13.2 Å². The molecule has 0 saturated carbocycles. The van der Waals surface area contributed by atoms with Crippen molar-refractivity contribution in [2.24, 2.45) is 5.41 Å². The minimum absolute atomic E-state index is 0.0681. The highest BCUT2D eigenvalue weighted by atomic mass is 32.2. The Morgan fingerprint density at radius 1 is 1.44 bits per heavy atom. The van der Waals surface area contributed by atoms with Crippen molar-refractivity contribution in [1.29, 1.82) is 0 Å². The molecule has 3 N–H and O–H groups in total. The van der Waals surface area contributed by atoms with Gasteiger partial charge in [-0.2, -0.15) is 0 Å². The molecule has 0 bridgehead atoms. The van der Waals surface area contributed by atoms with Crippen LogP contribution in [0.15, 0.2) is 0 Å². The van der Waals surface area contributed by atoms with E-state index in [2.05, 4.69) is 15.4 Å². The number of nitrogens with one attached hydrogen (secondary N) is 3. The van der Waals surface area contributed by atoms with Crippen LogP contribution in [0.5, 0.6) is 0 Å². The van der Waals surface area contributed by atoms with Crippen LogP contribution >= 0.6 is 0 Å². The maximum atomic E-state index is 12.0. The molecule has 106 valence electrons. The number of carbonyl (C=O) groups excluding carboxylic acids is 1. The van der Waals surface area contributed by atoms with Gasteiger partial charge in [-0.3, -0.25) is 4.79 Å². The molecule has 1 aliphatic heterocycles. The minimum atomic E-state index is -3.26. The van der Waals surface area contributed by atoms with E-state index < -0.39 is 15.4 Å². The summed E-state index contributed by atoms with van der Waals surface area (Å²) in [5, 5.41) is 5.90. The predicted octanol–water partition coefficient (Wildman–Crippen LogP) is -0.568. The third-order valence-corrected chi connectivity index (χ3v) is 4.64. The number of piperidine rings is 1. The average Bonchev–Trinajstić information content (AvgIpc) is 2.29. The summed E-state index contributed by atoms with van der Waals surface area (Å²) in [7, 11) is -3.26. The minimum Gasteiger partial charge on any atom is -0.355 e. The van der Waals surface area contributed by atoms with Crippen LogP contribution in [-0.2, 0) is 14.8 Å². The highest BCUT2D eigenvalue weighted by Gasteiger charge is 2.34. The maximum absolute atomic E-state index is 12.0. The van der Waals surface area contributed by atoms with Gasteiger partial charge in [-0.1, -0.05) is 6.92 Å². The highest BCUT2D eigenvalue weighted by Crippen LogP contribution is 2.25. The lowest BCUT2D eigenvalue weighted by Crippen LogP contribution is -2.49. The van der Waals surface area contributed by atoms with E-state index in [1.807, 2.05) is 6.92 Å². The summed E-state index contributed by atoms with van der Waals surface area (Å²) in [6.45, 7) is 5.76. The van der Waals surface area contributed by atoms with Crippen LogP contribution < -0.4 is 15.4 Å². The first kappa shape index (κ1) is 15.4. The average molecular weight is 277 g/mol. The van der Waals surface area contributed by atoms with E-state index in [9.17, 15) is 13.2 Å². The first-order valence-corrected chi connectivity index (χ1v) is 8.01. The van der Waals surface area contributed by atoms with Crippen molar-refractivity contribution in [3.05, 3.63) is 0 Å². The van der Waals surface area contributed by atoms with Crippen molar-refractivity contribution >= 4 is 15.9 Å². The second-order valence-electron chi connectivity index (χ2n) is 4.91. The smallest absolute Gasteiger partial charge is 0.227 e. The van der Waals surface area contributed by atoms with Crippen molar-refractivity contribution in [3.63, 3.8) is 0 Å². The number of rotatable bonds is 6. The van der Waals surface area contributed by atoms with Crippen LogP contribution in [0.2, 0.25) is 0 Å². The fourth-order valence-corrected chi connectivity index (χ4v) is 3.01.